The normalized spacial score (nSPS) is 10.0. The molecule has 0 fully saturated rings. The number of benzene rings is 1. The first-order valence-corrected chi connectivity index (χ1v) is 5.08. The van der Waals surface area contributed by atoms with Gasteiger partial charge in [-0.05, 0) is 30.5 Å². The van der Waals surface area contributed by atoms with Crippen LogP contribution in [0.1, 0.15) is 32.3 Å². The summed E-state index contributed by atoms with van der Waals surface area (Å²) >= 11 is 0. The van der Waals surface area contributed by atoms with Crippen molar-refractivity contribution >= 4 is 0 Å². The van der Waals surface area contributed by atoms with E-state index in [0.29, 0.717) is 0 Å². The molecule has 1 rings (SSSR count). The van der Waals surface area contributed by atoms with Crippen LogP contribution in [0.5, 0.6) is 5.75 Å². The largest absolute Gasteiger partial charge is 0.494 e. The van der Waals surface area contributed by atoms with Crippen LogP contribution in [0.3, 0.4) is 0 Å². The van der Waals surface area contributed by atoms with Gasteiger partial charge in [0.2, 0.25) is 0 Å². The van der Waals surface area contributed by atoms with Gasteiger partial charge in [-0.25, -0.2) is 0 Å². The second-order valence-electron chi connectivity index (χ2n) is 3.20. The van der Waals surface area contributed by atoms with E-state index in [-0.39, 0.29) is 0 Å². The Hall–Kier alpha value is -0.980. The van der Waals surface area contributed by atoms with Crippen LogP contribution in [0.25, 0.3) is 0 Å². The highest BCUT2D eigenvalue weighted by Crippen LogP contribution is 2.13. The summed E-state index contributed by atoms with van der Waals surface area (Å²) in [5, 5.41) is 0. The predicted molar refractivity (Wildman–Crippen MR) is 56.2 cm³/mol. The Labute approximate surface area is 80.7 Å². The van der Waals surface area contributed by atoms with Gasteiger partial charge >= 0.3 is 0 Å². The van der Waals surface area contributed by atoms with E-state index in [1.165, 1.54) is 12.0 Å². The highest BCUT2D eigenvalue weighted by atomic mass is 16.5. The molecule has 0 atom stereocenters. The Morgan fingerprint density at radius 1 is 1.23 bits per heavy atom. The van der Waals surface area contributed by atoms with Gasteiger partial charge in [0.05, 0.1) is 6.61 Å². The Morgan fingerprint density at radius 3 is 2.77 bits per heavy atom. The second kappa shape index (κ2) is 5.63. The van der Waals surface area contributed by atoms with Crippen LogP contribution in [-0.2, 0) is 6.42 Å². The van der Waals surface area contributed by atoms with Crippen LogP contribution in [0.15, 0.2) is 24.3 Å². The van der Waals surface area contributed by atoms with Crippen LogP contribution in [0.4, 0.5) is 0 Å². The number of hydrogen-bond acceptors (Lipinski definition) is 1. The molecule has 0 heterocycles. The zero-order valence-corrected chi connectivity index (χ0v) is 8.55. The maximum atomic E-state index is 5.59. The van der Waals surface area contributed by atoms with E-state index in [0.717, 1.165) is 25.2 Å². The molecular weight excluding hydrogens is 160 g/mol. The number of aryl methyl sites for hydroxylation is 1. The molecule has 0 aliphatic carbocycles. The van der Waals surface area contributed by atoms with E-state index in [2.05, 4.69) is 32.0 Å². The average molecular weight is 178 g/mol. The fourth-order valence-electron chi connectivity index (χ4n) is 1.19. The van der Waals surface area contributed by atoms with Gasteiger partial charge in [-0.3, -0.25) is 0 Å². The van der Waals surface area contributed by atoms with Crippen molar-refractivity contribution in [1.82, 2.24) is 0 Å². The number of rotatable bonds is 5. The van der Waals surface area contributed by atoms with E-state index in [1.807, 2.05) is 6.07 Å². The maximum Gasteiger partial charge on any atom is 0.119 e. The van der Waals surface area contributed by atoms with Gasteiger partial charge in [0, 0.05) is 0 Å². The lowest BCUT2D eigenvalue weighted by atomic mass is 10.2. The van der Waals surface area contributed by atoms with Crippen molar-refractivity contribution in [3.05, 3.63) is 29.8 Å². The van der Waals surface area contributed by atoms with Crippen molar-refractivity contribution < 1.29 is 4.74 Å². The van der Waals surface area contributed by atoms with Gasteiger partial charge in [0.25, 0.3) is 0 Å². The highest BCUT2D eigenvalue weighted by molar-refractivity contribution is 5.28. The fraction of sp³-hybridized carbons (Fsp3) is 0.500. The highest BCUT2D eigenvalue weighted by Gasteiger charge is 1.94. The van der Waals surface area contributed by atoms with E-state index >= 15 is 0 Å². The molecule has 0 saturated heterocycles. The predicted octanol–water partition coefficient (Wildman–Crippen LogP) is 3.43. The lowest BCUT2D eigenvalue weighted by Gasteiger charge is -2.06. The molecule has 0 unspecified atom stereocenters. The standard InChI is InChI=1S/C12H18O/c1-3-5-9-13-12-8-6-7-11(4-2)10-12/h6-8,10H,3-5,9H2,1-2H3. The SMILES string of the molecule is CCCCOc1cccc(CC)c1. The number of unbranched alkanes of at least 4 members (excludes halogenated alkanes) is 1. The smallest absolute Gasteiger partial charge is 0.119 e. The molecule has 1 aromatic carbocycles. The summed E-state index contributed by atoms with van der Waals surface area (Å²) in [6, 6.07) is 8.33. The van der Waals surface area contributed by atoms with Crippen molar-refractivity contribution in [3.63, 3.8) is 0 Å². The van der Waals surface area contributed by atoms with E-state index in [1.54, 1.807) is 0 Å². The summed E-state index contributed by atoms with van der Waals surface area (Å²) in [5.74, 6) is 1.01. The molecular formula is C12H18O. The first-order chi connectivity index (χ1) is 6.36. The first-order valence-electron chi connectivity index (χ1n) is 5.08. The lowest BCUT2D eigenvalue weighted by Crippen LogP contribution is -1.96. The minimum absolute atomic E-state index is 0.837. The molecule has 0 amide bonds. The summed E-state index contributed by atoms with van der Waals surface area (Å²) in [6.45, 7) is 5.17. The van der Waals surface area contributed by atoms with Gasteiger partial charge in [-0.2, -0.15) is 0 Å². The van der Waals surface area contributed by atoms with E-state index in [9.17, 15) is 0 Å². The molecule has 0 radical (unpaired) electrons. The summed E-state index contributed by atoms with van der Waals surface area (Å²) < 4.78 is 5.59. The van der Waals surface area contributed by atoms with Gasteiger partial charge < -0.3 is 4.74 Å². The molecule has 0 aromatic heterocycles. The average Bonchev–Trinajstić information content (AvgIpc) is 2.19. The summed E-state index contributed by atoms with van der Waals surface area (Å²) in [7, 11) is 0. The number of hydrogen-bond donors (Lipinski definition) is 0. The molecule has 1 aromatic rings. The van der Waals surface area contributed by atoms with Crippen LogP contribution < -0.4 is 4.74 Å². The third-order valence-electron chi connectivity index (χ3n) is 2.07. The molecule has 72 valence electrons. The van der Waals surface area contributed by atoms with Crippen LogP contribution in [-0.4, -0.2) is 6.61 Å². The second-order valence-corrected chi connectivity index (χ2v) is 3.20. The van der Waals surface area contributed by atoms with E-state index < -0.39 is 0 Å². The summed E-state index contributed by atoms with van der Waals surface area (Å²) in [6.07, 6.45) is 3.40. The third kappa shape index (κ3) is 3.49. The first kappa shape index (κ1) is 10.1. The lowest BCUT2D eigenvalue weighted by molar-refractivity contribution is 0.309. The molecule has 0 N–H and O–H groups in total. The van der Waals surface area contributed by atoms with Crippen LogP contribution in [0.2, 0.25) is 0 Å². The molecule has 0 spiro atoms. The van der Waals surface area contributed by atoms with Crippen molar-refractivity contribution in [1.29, 1.82) is 0 Å². The number of ether oxygens (including phenoxy) is 1. The molecule has 0 aliphatic rings. The molecule has 0 bridgehead atoms. The van der Waals surface area contributed by atoms with Crippen LogP contribution >= 0.6 is 0 Å². The van der Waals surface area contributed by atoms with Gasteiger partial charge in [-0.1, -0.05) is 32.4 Å². The van der Waals surface area contributed by atoms with Gasteiger partial charge in [0.1, 0.15) is 5.75 Å². The Bertz CT molecular complexity index is 243. The van der Waals surface area contributed by atoms with Gasteiger partial charge in [-0.15, -0.1) is 0 Å². The zero-order chi connectivity index (χ0) is 9.52. The summed E-state index contributed by atoms with van der Waals surface area (Å²) in [4.78, 5) is 0. The maximum absolute atomic E-state index is 5.59. The summed E-state index contributed by atoms with van der Waals surface area (Å²) in [5.41, 5.74) is 1.34. The Kier molecular flexibility index (Phi) is 4.37. The van der Waals surface area contributed by atoms with Crippen molar-refractivity contribution in [2.24, 2.45) is 0 Å². The Morgan fingerprint density at radius 2 is 2.08 bits per heavy atom. The fourth-order valence-corrected chi connectivity index (χ4v) is 1.19. The van der Waals surface area contributed by atoms with Crippen molar-refractivity contribution in [2.45, 2.75) is 33.1 Å². The van der Waals surface area contributed by atoms with Crippen molar-refractivity contribution in [3.8, 4) is 5.75 Å². The Balaban J connectivity index is 2.46. The minimum Gasteiger partial charge on any atom is -0.494 e. The van der Waals surface area contributed by atoms with Gasteiger partial charge in [0.15, 0.2) is 0 Å². The zero-order valence-electron chi connectivity index (χ0n) is 8.55. The molecule has 1 nitrogen and oxygen atoms in total. The minimum atomic E-state index is 0.837. The van der Waals surface area contributed by atoms with E-state index in [4.69, 9.17) is 4.74 Å². The van der Waals surface area contributed by atoms with Crippen molar-refractivity contribution in [2.75, 3.05) is 6.61 Å². The third-order valence-corrected chi connectivity index (χ3v) is 2.07. The molecule has 13 heavy (non-hydrogen) atoms. The quantitative estimate of drug-likeness (QED) is 0.628. The molecule has 0 aliphatic heterocycles. The molecule has 1 heteroatoms. The monoisotopic (exact) mass is 178 g/mol. The molecule has 0 saturated carbocycles. The topological polar surface area (TPSA) is 9.23 Å². The van der Waals surface area contributed by atoms with Crippen LogP contribution in [0, 0.1) is 0 Å².